The van der Waals surface area contributed by atoms with Crippen molar-refractivity contribution in [3.8, 4) is 29.0 Å². The summed E-state index contributed by atoms with van der Waals surface area (Å²) in [5.74, 6) is -1.21. The van der Waals surface area contributed by atoms with Crippen LogP contribution in [0.5, 0.6) is 0 Å². The van der Waals surface area contributed by atoms with Gasteiger partial charge in [0.2, 0.25) is 17.4 Å². The van der Waals surface area contributed by atoms with Crippen molar-refractivity contribution in [3.63, 3.8) is 0 Å². The minimum Gasteiger partial charge on any atom is -0.376 e. The summed E-state index contributed by atoms with van der Waals surface area (Å²) in [5.41, 5.74) is 1.69. The molecule has 0 unspecified atom stereocenters. The fourth-order valence-corrected chi connectivity index (χ4v) is 2.65. The Morgan fingerprint density at radius 3 is 2.79 bits per heavy atom. The summed E-state index contributed by atoms with van der Waals surface area (Å²) in [5, 5.41) is 14.1. The fraction of sp³-hybridized carbons (Fsp3) is 0.250. The minimum absolute atomic E-state index is 0.107. The van der Waals surface area contributed by atoms with E-state index in [9.17, 15) is 13.2 Å². The minimum atomic E-state index is -4.66. The number of nitrogens with zero attached hydrogens (tertiary/aromatic N) is 7. The van der Waals surface area contributed by atoms with Gasteiger partial charge in [-0.3, -0.25) is 9.50 Å². The van der Waals surface area contributed by atoms with Crippen LogP contribution < -0.4 is 0 Å². The van der Waals surface area contributed by atoms with Gasteiger partial charge in [-0.2, -0.15) is 23.5 Å². The number of H-pyrrole nitrogens is 2. The molecule has 0 spiro atoms. The molecular formula is C16H12F3N9O. The number of halogens is 3. The van der Waals surface area contributed by atoms with Crippen molar-refractivity contribution in [2.24, 2.45) is 0 Å². The van der Waals surface area contributed by atoms with Crippen LogP contribution in [0.15, 0.2) is 24.9 Å². The third kappa shape index (κ3) is 3.65. The summed E-state index contributed by atoms with van der Waals surface area (Å²) < 4.78 is 45.7. The topological polar surface area (TPSA) is 133 Å². The second kappa shape index (κ2) is 7.32. The van der Waals surface area contributed by atoms with E-state index in [1.54, 1.807) is 10.6 Å². The molecule has 29 heavy (non-hydrogen) atoms. The van der Waals surface area contributed by atoms with Crippen LogP contribution in [-0.2, 0) is 17.5 Å². The number of nitriles is 1. The molecule has 4 heterocycles. The predicted octanol–water partition coefficient (Wildman–Crippen LogP) is 2.35. The third-order valence-electron chi connectivity index (χ3n) is 3.88. The quantitative estimate of drug-likeness (QED) is 0.472. The van der Waals surface area contributed by atoms with E-state index in [1.165, 1.54) is 18.7 Å². The predicted molar refractivity (Wildman–Crippen MR) is 90.8 cm³/mol. The van der Waals surface area contributed by atoms with Gasteiger partial charge in [0.05, 0.1) is 43.9 Å². The Morgan fingerprint density at radius 1 is 1.24 bits per heavy atom. The van der Waals surface area contributed by atoms with Crippen LogP contribution in [0.4, 0.5) is 13.2 Å². The average molecular weight is 403 g/mol. The van der Waals surface area contributed by atoms with Crippen molar-refractivity contribution >= 4 is 5.78 Å². The SMILES string of the molecule is N#CCCOCc1cnc2nc(-c3n[nH]c(C(F)(F)F)n3)c(-c3cnc[nH]3)n2c1. The molecule has 10 nitrogen and oxygen atoms in total. The number of alkyl halides is 3. The number of ether oxygens (including phenoxy) is 1. The van der Waals surface area contributed by atoms with E-state index in [0.29, 0.717) is 17.0 Å². The number of hydrogen-bond acceptors (Lipinski definition) is 7. The Kier molecular flexibility index (Phi) is 4.69. The monoisotopic (exact) mass is 403 g/mol. The summed E-state index contributed by atoms with van der Waals surface area (Å²) in [4.78, 5) is 18.9. The zero-order valence-electron chi connectivity index (χ0n) is 14.6. The number of hydrogen-bond donors (Lipinski definition) is 2. The maximum Gasteiger partial charge on any atom is 0.451 e. The maximum absolute atomic E-state index is 12.9. The van der Waals surface area contributed by atoms with Crippen molar-refractivity contribution in [3.05, 3.63) is 36.3 Å². The molecule has 0 bridgehead atoms. The van der Waals surface area contributed by atoms with Crippen molar-refractivity contribution < 1.29 is 17.9 Å². The van der Waals surface area contributed by atoms with Gasteiger partial charge in [-0.25, -0.2) is 19.9 Å². The number of aromatic amines is 2. The lowest BCUT2D eigenvalue weighted by Gasteiger charge is -2.05. The van der Waals surface area contributed by atoms with Crippen LogP contribution in [0.1, 0.15) is 17.8 Å². The Balaban J connectivity index is 1.79. The Morgan fingerprint density at radius 2 is 2.10 bits per heavy atom. The second-order valence-corrected chi connectivity index (χ2v) is 5.87. The van der Waals surface area contributed by atoms with Crippen LogP contribution in [0, 0.1) is 11.3 Å². The van der Waals surface area contributed by atoms with E-state index in [4.69, 9.17) is 10.00 Å². The van der Waals surface area contributed by atoms with E-state index >= 15 is 0 Å². The highest BCUT2D eigenvalue weighted by Crippen LogP contribution is 2.32. The molecule has 2 N–H and O–H groups in total. The Labute approximate surface area is 160 Å². The van der Waals surface area contributed by atoms with Gasteiger partial charge in [-0.1, -0.05) is 0 Å². The number of nitrogens with one attached hydrogen (secondary N) is 2. The number of fused-ring (bicyclic) bond motifs is 1. The van der Waals surface area contributed by atoms with Crippen LogP contribution in [0.2, 0.25) is 0 Å². The van der Waals surface area contributed by atoms with E-state index in [0.717, 1.165) is 0 Å². The molecule has 0 aromatic carbocycles. The first-order valence-corrected chi connectivity index (χ1v) is 8.27. The van der Waals surface area contributed by atoms with Crippen molar-refractivity contribution in [1.29, 1.82) is 5.26 Å². The molecule has 4 aromatic rings. The highest BCUT2D eigenvalue weighted by Gasteiger charge is 2.36. The van der Waals surface area contributed by atoms with Gasteiger partial charge in [-0.05, 0) is 0 Å². The lowest BCUT2D eigenvalue weighted by Crippen LogP contribution is -2.07. The zero-order valence-corrected chi connectivity index (χ0v) is 14.6. The normalized spacial score (nSPS) is 11.8. The lowest BCUT2D eigenvalue weighted by molar-refractivity contribution is -0.144. The largest absolute Gasteiger partial charge is 0.451 e. The summed E-state index contributed by atoms with van der Waals surface area (Å²) >= 11 is 0. The molecule has 0 aliphatic heterocycles. The van der Waals surface area contributed by atoms with E-state index < -0.39 is 12.0 Å². The van der Waals surface area contributed by atoms with Crippen LogP contribution >= 0.6 is 0 Å². The maximum atomic E-state index is 12.9. The summed E-state index contributed by atoms with van der Waals surface area (Å²) in [6.07, 6.45) is 1.76. The highest BCUT2D eigenvalue weighted by molar-refractivity contribution is 5.76. The molecule has 0 saturated carbocycles. The number of aromatic nitrogens is 8. The van der Waals surface area contributed by atoms with Gasteiger partial charge >= 0.3 is 6.18 Å². The third-order valence-corrected chi connectivity index (χ3v) is 3.88. The smallest absolute Gasteiger partial charge is 0.376 e. The lowest BCUT2D eigenvalue weighted by atomic mass is 10.2. The molecule has 0 aliphatic carbocycles. The first-order chi connectivity index (χ1) is 14.0. The average Bonchev–Trinajstić information content (AvgIpc) is 3.42. The molecule has 0 fully saturated rings. The van der Waals surface area contributed by atoms with Gasteiger partial charge in [-0.15, -0.1) is 0 Å². The van der Waals surface area contributed by atoms with Gasteiger partial charge in [0.1, 0.15) is 11.4 Å². The molecule has 4 rings (SSSR count). The number of imidazole rings is 2. The molecule has 0 radical (unpaired) electrons. The van der Waals surface area contributed by atoms with Gasteiger partial charge < -0.3 is 9.72 Å². The van der Waals surface area contributed by atoms with Gasteiger partial charge in [0.15, 0.2) is 0 Å². The zero-order chi connectivity index (χ0) is 20.4. The van der Waals surface area contributed by atoms with Crippen LogP contribution in [0.25, 0.3) is 28.7 Å². The molecule has 0 amide bonds. The fourth-order valence-electron chi connectivity index (χ4n) is 2.65. The molecule has 0 atom stereocenters. The van der Waals surface area contributed by atoms with E-state index in [-0.39, 0.29) is 36.9 Å². The first-order valence-electron chi connectivity index (χ1n) is 8.27. The summed E-state index contributed by atoms with van der Waals surface area (Å²) in [6, 6.07) is 1.98. The van der Waals surface area contributed by atoms with Crippen molar-refractivity contribution in [1.82, 2.24) is 39.5 Å². The molecule has 13 heteroatoms. The van der Waals surface area contributed by atoms with E-state index in [1.807, 2.05) is 11.2 Å². The molecule has 148 valence electrons. The number of rotatable bonds is 6. The summed E-state index contributed by atoms with van der Waals surface area (Å²) in [6.45, 7) is 0.480. The van der Waals surface area contributed by atoms with E-state index in [2.05, 4.69) is 30.0 Å². The Bertz CT molecular complexity index is 1170. The summed E-state index contributed by atoms with van der Waals surface area (Å²) in [7, 11) is 0. The highest BCUT2D eigenvalue weighted by atomic mass is 19.4. The molecule has 0 saturated heterocycles. The Hall–Kier alpha value is -3.79. The van der Waals surface area contributed by atoms with Crippen molar-refractivity contribution in [2.75, 3.05) is 6.61 Å². The standard InChI is InChI=1S/C16H12F3N9O/c17-16(18,19)14-25-13(26-27-14)11-12(10-5-21-8-23-10)28-6-9(4-22-15(28)24-11)7-29-3-1-2-20/h4-6,8H,1,3,7H2,(H,21,23)(H,25,26,27). The second-order valence-electron chi connectivity index (χ2n) is 5.87. The van der Waals surface area contributed by atoms with Gasteiger partial charge in [0, 0.05) is 18.0 Å². The van der Waals surface area contributed by atoms with Crippen LogP contribution in [-0.4, -0.2) is 46.1 Å². The first kappa shape index (κ1) is 18.6. The van der Waals surface area contributed by atoms with Crippen LogP contribution in [0.3, 0.4) is 0 Å². The molecule has 0 aliphatic rings. The van der Waals surface area contributed by atoms with Crippen molar-refractivity contribution in [2.45, 2.75) is 19.2 Å². The molecular weight excluding hydrogens is 391 g/mol. The van der Waals surface area contributed by atoms with Gasteiger partial charge in [0.25, 0.3) is 0 Å². The molecule has 4 aromatic heterocycles.